The predicted molar refractivity (Wildman–Crippen MR) is 112 cm³/mol. The highest BCUT2D eigenvalue weighted by Gasteiger charge is 2.16. The van der Waals surface area contributed by atoms with Crippen molar-refractivity contribution in [1.82, 2.24) is 5.32 Å². The van der Waals surface area contributed by atoms with Crippen molar-refractivity contribution in [3.8, 4) is 5.75 Å². The van der Waals surface area contributed by atoms with Gasteiger partial charge >= 0.3 is 5.97 Å². The lowest BCUT2D eigenvalue weighted by Gasteiger charge is -2.13. The van der Waals surface area contributed by atoms with Crippen LogP contribution in [-0.2, 0) is 22.6 Å². The van der Waals surface area contributed by atoms with Crippen molar-refractivity contribution in [2.45, 2.75) is 32.4 Å². The number of hydrogen-bond donors (Lipinski definition) is 1. The van der Waals surface area contributed by atoms with Crippen LogP contribution in [0.1, 0.15) is 35.2 Å². The fraction of sp³-hybridized carbons (Fsp3) is 0.250. The van der Waals surface area contributed by atoms with Gasteiger partial charge in [-0.2, -0.15) is 0 Å². The van der Waals surface area contributed by atoms with E-state index in [0.717, 1.165) is 12.8 Å². The number of esters is 1. The van der Waals surface area contributed by atoms with Gasteiger partial charge in [-0.25, -0.2) is 4.79 Å². The van der Waals surface area contributed by atoms with E-state index < -0.39 is 5.97 Å². The number of ether oxygens (including phenoxy) is 2. The first-order valence-corrected chi connectivity index (χ1v) is 9.87. The molecule has 0 spiro atoms. The molecule has 1 aromatic heterocycles. The van der Waals surface area contributed by atoms with E-state index in [4.69, 9.17) is 13.9 Å². The van der Waals surface area contributed by atoms with Crippen molar-refractivity contribution in [2.75, 3.05) is 6.61 Å². The van der Waals surface area contributed by atoms with Gasteiger partial charge in [0, 0.05) is 6.04 Å². The lowest BCUT2D eigenvalue weighted by Crippen LogP contribution is -2.36. The molecule has 30 heavy (non-hydrogen) atoms. The smallest absolute Gasteiger partial charge is 0.374 e. The maximum Gasteiger partial charge on any atom is 0.374 e. The molecule has 0 aliphatic rings. The van der Waals surface area contributed by atoms with Crippen molar-refractivity contribution in [3.63, 3.8) is 0 Å². The van der Waals surface area contributed by atoms with E-state index >= 15 is 0 Å². The normalized spacial score (nSPS) is 11.5. The SMILES string of the molecule is CC(CCc1ccccc1)NC(=O)COC(=O)c1ccc(COc2ccccc2)o1. The number of rotatable bonds is 10. The third-order valence-electron chi connectivity index (χ3n) is 4.44. The molecule has 1 unspecified atom stereocenters. The van der Waals surface area contributed by atoms with E-state index in [1.807, 2.05) is 55.5 Å². The number of nitrogens with one attached hydrogen (secondary N) is 1. The fourth-order valence-corrected chi connectivity index (χ4v) is 2.86. The summed E-state index contributed by atoms with van der Waals surface area (Å²) in [4.78, 5) is 24.1. The third-order valence-corrected chi connectivity index (χ3v) is 4.44. The zero-order valence-electron chi connectivity index (χ0n) is 16.9. The minimum Gasteiger partial charge on any atom is -0.486 e. The highest BCUT2D eigenvalue weighted by atomic mass is 16.6. The number of amides is 1. The molecule has 6 nitrogen and oxygen atoms in total. The number of hydrogen-bond acceptors (Lipinski definition) is 5. The highest BCUT2D eigenvalue weighted by Crippen LogP contribution is 2.14. The molecule has 2 aromatic carbocycles. The monoisotopic (exact) mass is 407 g/mol. The second-order valence-corrected chi connectivity index (χ2v) is 6.94. The van der Waals surface area contributed by atoms with Crippen LogP contribution in [0.4, 0.5) is 0 Å². The van der Waals surface area contributed by atoms with Gasteiger partial charge in [-0.3, -0.25) is 4.79 Å². The molecule has 0 saturated carbocycles. The first kappa shape index (κ1) is 21.2. The second-order valence-electron chi connectivity index (χ2n) is 6.94. The summed E-state index contributed by atoms with van der Waals surface area (Å²) in [5.41, 5.74) is 1.22. The number of carbonyl (C=O) groups excluding carboxylic acids is 2. The molecule has 0 aliphatic carbocycles. The summed E-state index contributed by atoms with van der Waals surface area (Å²) >= 11 is 0. The van der Waals surface area contributed by atoms with E-state index in [0.29, 0.717) is 11.5 Å². The Labute approximate surface area is 175 Å². The minimum absolute atomic E-state index is 0.0261. The van der Waals surface area contributed by atoms with Crippen molar-refractivity contribution in [1.29, 1.82) is 0 Å². The van der Waals surface area contributed by atoms with Gasteiger partial charge in [0.05, 0.1) is 0 Å². The summed E-state index contributed by atoms with van der Waals surface area (Å²) < 4.78 is 16.1. The van der Waals surface area contributed by atoms with Gasteiger partial charge in [-0.05, 0) is 49.6 Å². The quantitative estimate of drug-likeness (QED) is 0.511. The third kappa shape index (κ3) is 6.81. The highest BCUT2D eigenvalue weighted by molar-refractivity contribution is 5.88. The Bertz CT molecular complexity index is 936. The number of carbonyl (C=O) groups is 2. The molecular formula is C24H25NO5. The van der Waals surface area contributed by atoms with Gasteiger partial charge < -0.3 is 19.2 Å². The van der Waals surface area contributed by atoms with Crippen LogP contribution >= 0.6 is 0 Å². The fourth-order valence-electron chi connectivity index (χ4n) is 2.86. The first-order chi connectivity index (χ1) is 14.6. The lowest BCUT2D eigenvalue weighted by molar-refractivity contribution is -0.124. The van der Waals surface area contributed by atoms with Gasteiger partial charge in [0.1, 0.15) is 18.1 Å². The molecular weight excluding hydrogens is 382 g/mol. The zero-order chi connectivity index (χ0) is 21.2. The van der Waals surface area contributed by atoms with E-state index in [-0.39, 0.29) is 30.9 Å². The summed E-state index contributed by atoms with van der Waals surface area (Å²) in [6, 6.07) is 22.5. The Morgan fingerprint density at radius 3 is 2.40 bits per heavy atom. The molecule has 0 aliphatic heterocycles. The largest absolute Gasteiger partial charge is 0.486 e. The number of benzene rings is 2. The summed E-state index contributed by atoms with van der Waals surface area (Å²) in [5.74, 6) is 0.198. The summed E-state index contributed by atoms with van der Waals surface area (Å²) in [5, 5.41) is 2.83. The van der Waals surface area contributed by atoms with E-state index in [9.17, 15) is 9.59 Å². The van der Waals surface area contributed by atoms with Gasteiger partial charge in [-0.15, -0.1) is 0 Å². The minimum atomic E-state index is -0.687. The molecule has 156 valence electrons. The van der Waals surface area contributed by atoms with Crippen molar-refractivity contribution in [3.05, 3.63) is 89.9 Å². The average molecular weight is 407 g/mol. The molecule has 3 rings (SSSR count). The first-order valence-electron chi connectivity index (χ1n) is 9.87. The standard InChI is InChI=1S/C24H25NO5/c1-18(12-13-19-8-4-2-5-9-19)25-23(26)17-29-24(27)22-15-14-21(30-22)16-28-20-10-6-3-7-11-20/h2-11,14-15,18H,12-13,16-17H2,1H3,(H,25,26). The molecule has 0 radical (unpaired) electrons. The van der Waals surface area contributed by atoms with Crippen LogP contribution in [-0.4, -0.2) is 24.5 Å². The molecule has 1 N–H and O–H groups in total. The van der Waals surface area contributed by atoms with Gasteiger partial charge in [-0.1, -0.05) is 48.5 Å². The summed E-state index contributed by atoms with van der Waals surface area (Å²) in [6.07, 6.45) is 1.66. The van der Waals surface area contributed by atoms with Gasteiger partial charge in [0.15, 0.2) is 6.61 Å². The van der Waals surface area contributed by atoms with E-state index in [1.165, 1.54) is 11.6 Å². The predicted octanol–water partition coefficient (Wildman–Crippen LogP) is 4.15. The Hall–Kier alpha value is -3.54. The molecule has 1 atom stereocenters. The summed E-state index contributed by atoms with van der Waals surface area (Å²) in [7, 11) is 0. The van der Waals surface area contributed by atoms with Crippen LogP contribution in [0.15, 0.2) is 77.2 Å². The van der Waals surface area contributed by atoms with Crippen molar-refractivity contribution < 1.29 is 23.5 Å². The Balaban J connectivity index is 1.37. The van der Waals surface area contributed by atoms with Crippen LogP contribution in [0.25, 0.3) is 0 Å². The number of furan rings is 1. The number of para-hydroxylation sites is 1. The molecule has 0 fully saturated rings. The summed E-state index contributed by atoms with van der Waals surface area (Å²) in [6.45, 7) is 1.76. The Kier molecular flexibility index (Phi) is 7.66. The topological polar surface area (TPSA) is 77.8 Å². The lowest BCUT2D eigenvalue weighted by atomic mass is 10.1. The average Bonchev–Trinajstić information content (AvgIpc) is 3.25. The second kappa shape index (κ2) is 10.9. The van der Waals surface area contributed by atoms with Crippen molar-refractivity contribution >= 4 is 11.9 Å². The van der Waals surface area contributed by atoms with Crippen LogP contribution in [0.2, 0.25) is 0 Å². The van der Waals surface area contributed by atoms with Gasteiger partial charge in [0.2, 0.25) is 5.76 Å². The Morgan fingerprint density at radius 1 is 0.967 bits per heavy atom. The van der Waals surface area contributed by atoms with Gasteiger partial charge in [0.25, 0.3) is 5.91 Å². The van der Waals surface area contributed by atoms with Crippen LogP contribution in [0.3, 0.4) is 0 Å². The molecule has 1 amide bonds. The maximum atomic E-state index is 12.1. The van der Waals surface area contributed by atoms with E-state index in [2.05, 4.69) is 17.4 Å². The molecule has 0 saturated heterocycles. The maximum absolute atomic E-state index is 12.1. The Morgan fingerprint density at radius 2 is 1.67 bits per heavy atom. The molecule has 6 heteroatoms. The van der Waals surface area contributed by atoms with Crippen LogP contribution < -0.4 is 10.1 Å². The van der Waals surface area contributed by atoms with Crippen molar-refractivity contribution in [2.24, 2.45) is 0 Å². The zero-order valence-corrected chi connectivity index (χ0v) is 16.9. The molecule has 3 aromatic rings. The van der Waals surface area contributed by atoms with E-state index in [1.54, 1.807) is 6.07 Å². The molecule has 0 bridgehead atoms. The van der Waals surface area contributed by atoms with Crippen LogP contribution in [0, 0.1) is 0 Å². The molecule has 1 heterocycles. The van der Waals surface area contributed by atoms with Crippen LogP contribution in [0.5, 0.6) is 5.75 Å². The number of aryl methyl sites for hydroxylation is 1.